The number of quaternary nitrogens is 1. The molecule has 1 fully saturated rings. The summed E-state index contributed by atoms with van der Waals surface area (Å²) in [5, 5.41) is 14.2. The van der Waals surface area contributed by atoms with Crippen LogP contribution in [0.2, 0.25) is 0 Å². The molecule has 1 aliphatic rings. The quantitative estimate of drug-likeness (QED) is 0.554. The van der Waals surface area contributed by atoms with Crippen molar-refractivity contribution in [2.24, 2.45) is 0 Å². The summed E-state index contributed by atoms with van der Waals surface area (Å²) in [6.45, 7) is 4.30. The Bertz CT molecular complexity index is 874. The molecule has 2 aromatic carbocycles. The fourth-order valence-electron chi connectivity index (χ4n) is 4.04. The molecule has 1 atom stereocenters. The van der Waals surface area contributed by atoms with Crippen LogP contribution in [0.15, 0.2) is 42.5 Å². The lowest BCUT2D eigenvalue weighted by molar-refractivity contribution is -0.918. The van der Waals surface area contributed by atoms with Crippen LogP contribution >= 0.6 is 0 Å². The highest BCUT2D eigenvalue weighted by Crippen LogP contribution is 2.21. The number of hydrogen-bond acceptors (Lipinski definition) is 4. The molecule has 1 heterocycles. The van der Waals surface area contributed by atoms with Gasteiger partial charge in [-0.25, -0.2) is 0 Å². The normalized spacial score (nSPS) is 15.1. The molecule has 0 saturated carbocycles. The van der Waals surface area contributed by atoms with Crippen molar-refractivity contribution in [2.75, 3.05) is 38.6 Å². The lowest BCUT2D eigenvalue weighted by Gasteiger charge is -2.26. The van der Waals surface area contributed by atoms with E-state index in [1.54, 1.807) is 19.1 Å². The van der Waals surface area contributed by atoms with Crippen molar-refractivity contribution >= 4 is 17.3 Å². The first kappa shape index (κ1) is 20.8. The summed E-state index contributed by atoms with van der Waals surface area (Å²) in [6.07, 6.45) is 2.39. The van der Waals surface area contributed by atoms with Gasteiger partial charge in [0.15, 0.2) is 0 Å². The highest BCUT2D eigenvalue weighted by atomic mass is 16.6. The SMILES string of the molecule is Cc1c(C(=O)NC[C@@H](c2ccc(N(C)C)cc2)[NH+]2CCCC2)cccc1[N+](=O)[O-]. The van der Waals surface area contributed by atoms with E-state index in [0.717, 1.165) is 18.8 Å². The van der Waals surface area contributed by atoms with Gasteiger partial charge in [0.1, 0.15) is 6.04 Å². The number of carbonyl (C=O) groups excluding carboxylic acids is 1. The molecule has 0 unspecified atom stereocenters. The predicted octanol–water partition coefficient (Wildman–Crippen LogP) is 2.12. The van der Waals surface area contributed by atoms with E-state index < -0.39 is 4.92 Å². The molecule has 154 valence electrons. The van der Waals surface area contributed by atoms with E-state index in [-0.39, 0.29) is 17.6 Å². The monoisotopic (exact) mass is 397 g/mol. The van der Waals surface area contributed by atoms with E-state index in [1.807, 2.05) is 14.1 Å². The minimum Gasteiger partial charge on any atom is -0.378 e. The molecule has 2 aromatic rings. The van der Waals surface area contributed by atoms with Crippen molar-refractivity contribution < 1.29 is 14.6 Å². The smallest absolute Gasteiger partial charge is 0.273 e. The topological polar surface area (TPSA) is 79.9 Å². The molecule has 0 radical (unpaired) electrons. The Morgan fingerprint density at radius 3 is 2.41 bits per heavy atom. The van der Waals surface area contributed by atoms with Gasteiger partial charge in [0.2, 0.25) is 0 Å². The molecule has 7 heteroatoms. The van der Waals surface area contributed by atoms with Crippen molar-refractivity contribution in [3.05, 3.63) is 69.3 Å². The molecule has 0 bridgehead atoms. The molecule has 0 aliphatic carbocycles. The third-order valence-corrected chi connectivity index (χ3v) is 5.76. The molecule has 0 aromatic heterocycles. The van der Waals surface area contributed by atoms with Gasteiger partial charge in [0.25, 0.3) is 11.6 Å². The zero-order valence-electron chi connectivity index (χ0n) is 17.3. The summed E-state index contributed by atoms with van der Waals surface area (Å²) in [5.41, 5.74) is 3.06. The van der Waals surface area contributed by atoms with Gasteiger partial charge in [-0.3, -0.25) is 14.9 Å². The predicted molar refractivity (Wildman–Crippen MR) is 114 cm³/mol. The molecule has 1 amide bonds. The van der Waals surface area contributed by atoms with Crippen molar-refractivity contribution in [2.45, 2.75) is 25.8 Å². The summed E-state index contributed by atoms with van der Waals surface area (Å²) < 4.78 is 0. The summed E-state index contributed by atoms with van der Waals surface area (Å²) in [6, 6.07) is 13.3. The largest absolute Gasteiger partial charge is 0.378 e. The number of nitrogens with zero attached hydrogens (tertiary/aromatic N) is 2. The fraction of sp³-hybridized carbons (Fsp3) is 0.409. The van der Waals surface area contributed by atoms with Crippen LogP contribution in [0.25, 0.3) is 0 Å². The number of amides is 1. The molecule has 0 spiro atoms. The Kier molecular flexibility index (Phi) is 6.49. The van der Waals surface area contributed by atoms with Crippen LogP contribution in [0.5, 0.6) is 0 Å². The number of likely N-dealkylation sites (tertiary alicyclic amines) is 1. The second-order valence-electron chi connectivity index (χ2n) is 7.82. The van der Waals surface area contributed by atoms with Crippen molar-refractivity contribution in [1.29, 1.82) is 0 Å². The number of nitrogens with one attached hydrogen (secondary N) is 2. The maximum absolute atomic E-state index is 12.8. The van der Waals surface area contributed by atoms with Gasteiger partial charge in [-0.1, -0.05) is 18.2 Å². The van der Waals surface area contributed by atoms with Crippen LogP contribution < -0.4 is 15.1 Å². The Balaban J connectivity index is 1.78. The van der Waals surface area contributed by atoms with Gasteiger partial charge in [-0.05, 0) is 25.1 Å². The summed E-state index contributed by atoms with van der Waals surface area (Å²) in [5.74, 6) is -0.264. The minimum absolute atomic E-state index is 0.0290. The lowest BCUT2D eigenvalue weighted by Crippen LogP contribution is -3.11. The zero-order chi connectivity index (χ0) is 21.0. The summed E-state index contributed by atoms with van der Waals surface area (Å²) >= 11 is 0. The number of nitro groups is 1. The molecular weight excluding hydrogens is 368 g/mol. The third-order valence-electron chi connectivity index (χ3n) is 5.76. The van der Waals surface area contributed by atoms with E-state index >= 15 is 0 Å². The van der Waals surface area contributed by atoms with E-state index in [9.17, 15) is 14.9 Å². The first-order chi connectivity index (χ1) is 13.9. The van der Waals surface area contributed by atoms with Crippen LogP contribution in [0.1, 0.15) is 40.4 Å². The van der Waals surface area contributed by atoms with E-state index in [1.165, 1.54) is 29.4 Å². The van der Waals surface area contributed by atoms with Crippen LogP contribution in [-0.2, 0) is 0 Å². The number of carbonyl (C=O) groups is 1. The summed E-state index contributed by atoms with van der Waals surface area (Å²) in [4.78, 5) is 27.0. The molecule has 7 nitrogen and oxygen atoms in total. The Morgan fingerprint density at radius 2 is 1.83 bits per heavy atom. The van der Waals surface area contributed by atoms with Gasteiger partial charge >= 0.3 is 0 Å². The Hall–Kier alpha value is -2.93. The molecule has 1 aliphatic heterocycles. The number of rotatable bonds is 7. The van der Waals surface area contributed by atoms with Crippen molar-refractivity contribution in [3.8, 4) is 0 Å². The molecular formula is C22H29N4O3+. The number of hydrogen-bond donors (Lipinski definition) is 2. The van der Waals surface area contributed by atoms with Crippen LogP contribution in [0.4, 0.5) is 11.4 Å². The molecule has 1 saturated heterocycles. The maximum atomic E-state index is 12.8. The molecule has 3 rings (SSSR count). The van der Waals surface area contributed by atoms with Crippen molar-refractivity contribution in [1.82, 2.24) is 5.32 Å². The van der Waals surface area contributed by atoms with Crippen LogP contribution in [-0.4, -0.2) is 44.6 Å². The second kappa shape index (κ2) is 9.05. The Morgan fingerprint density at radius 1 is 1.17 bits per heavy atom. The number of nitro benzene ring substituents is 1. The zero-order valence-corrected chi connectivity index (χ0v) is 17.3. The highest BCUT2D eigenvalue weighted by Gasteiger charge is 2.28. The third kappa shape index (κ3) is 4.74. The highest BCUT2D eigenvalue weighted by molar-refractivity contribution is 5.96. The molecule has 2 N–H and O–H groups in total. The van der Waals surface area contributed by atoms with Crippen LogP contribution in [0, 0.1) is 17.0 Å². The average molecular weight is 397 g/mol. The first-order valence-corrected chi connectivity index (χ1v) is 10.0. The minimum atomic E-state index is -0.449. The maximum Gasteiger partial charge on any atom is 0.273 e. The summed E-state index contributed by atoms with van der Waals surface area (Å²) in [7, 11) is 4.03. The number of anilines is 1. The molecule has 29 heavy (non-hydrogen) atoms. The van der Waals surface area contributed by atoms with Gasteiger partial charge in [0, 0.05) is 55.4 Å². The fourth-order valence-corrected chi connectivity index (χ4v) is 4.04. The van der Waals surface area contributed by atoms with Crippen LogP contribution in [0.3, 0.4) is 0 Å². The first-order valence-electron chi connectivity index (χ1n) is 10.0. The van der Waals surface area contributed by atoms with E-state index in [0.29, 0.717) is 17.7 Å². The van der Waals surface area contributed by atoms with Crippen molar-refractivity contribution in [3.63, 3.8) is 0 Å². The van der Waals surface area contributed by atoms with Gasteiger partial charge in [-0.15, -0.1) is 0 Å². The second-order valence-corrected chi connectivity index (χ2v) is 7.82. The number of benzene rings is 2. The average Bonchev–Trinajstić information content (AvgIpc) is 3.22. The van der Waals surface area contributed by atoms with Gasteiger partial charge in [0.05, 0.1) is 24.6 Å². The standard InChI is InChI=1S/C22H28N4O3/c1-16-19(7-6-8-20(16)26(28)29)22(27)23-15-21(25-13-4-5-14-25)17-9-11-18(12-10-17)24(2)3/h6-12,21H,4-5,13-15H2,1-3H3,(H,23,27)/p+1/t21-/m0/s1. The van der Waals surface area contributed by atoms with E-state index in [4.69, 9.17) is 0 Å². The van der Waals surface area contributed by atoms with Gasteiger partial charge < -0.3 is 15.1 Å². The van der Waals surface area contributed by atoms with Gasteiger partial charge in [-0.2, -0.15) is 0 Å². The Labute approximate surface area is 171 Å². The van der Waals surface area contributed by atoms with E-state index in [2.05, 4.69) is 34.5 Å². The lowest BCUT2D eigenvalue weighted by atomic mass is 10.0.